The van der Waals surface area contributed by atoms with Crippen molar-refractivity contribution in [2.45, 2.75) is 6.92 Å². The average molecular weight is 328 g/mol. The average Bonchev–Trinajstić information content (AvgIpc) is 2.97. The highest BCUT2D eigenvalue weighted by molar-refractivity contribution is 6.18. The standard InChI is InChI=1S/C17H16N2O5/c1-3-23-19-17(21)9-4-6-12-11(8-9)14-10(16(18)20)5-7-13(22-2)15(14)24-12/h4-8H,3H2,1-2H3,(H2,18,20)(H,19,21). The van der Waals surface area contributed by atoms with E-state index in [1.165, 1.54) is 7.11 Å². The lowest BCUT2D eigenvalue weighted by molar-refractivity contribution is 0.0364. The predicted octanol–water partition coefficient (Wildman–Crippen LogP) is 2.37. The Labute approximate surface area is 137 Å². The molecule has 0 unspecified atom stereocenters. The molecule has 7 heteroatoms. The molecule has 1 heterocycles. The van der Waals surface area contributed by atoms with Crippen LogP contribution < -0.4 is 16.0 Å². The molecule has 124 valence electrons. The molecule has 0 fully saturated rings. The van der Waals surface area contributed by atoms with Gasteiger partial charge in [0.1, 0.15) is 5.58 Å². The Balaban J connectivity index is 2.26. The van der Waals surface area contributed by atoms with Gasteiger partial charge in [-0.1, -0.05) is 0 Å². The van der Waals surface area contributed by atoms with E-state index in [9.17, 15) is 9.59 Å². The third kappa shape index (κ3) is 2.55. The summed E-state index contributed by atoms with van der Waals surface area (Å²) in [4.78, 5) is 28.7. The molecule has 0 aliphatic carbocycles. The quantitative estimate of drug-likeness (QED) is 0.700. The Morgan fingerprint density at radius 1 is 1.25 bits per heavy atom. The van der Waals surface area contributed by atoms with Gasteiger partial charge < -0.3 is 14.9 Å². The zero-order valence-corrected chi connectivity index (χ0v) is 13.2. The number of carbonyl (C=O) groups excluding carboxylic acids is 2. The number of hydrogen-bond acceptors (Lipinski definition) is 5. The second-order valence-electron chi connectivity index (χ2n) is 5.06. The first-order valence-electron chi connectivity index (χ1n) is 7.32. The number of primary amides is 1. The van der Waals surface area contributed by atoms with Gasteiger partial charge in [0.2, 0.25) is 5.91 Å². The van der Waals surface area contributed by atoms with Crippen molar-refractivity contribution in [3.63, 3.8) is 0 Å². The van der Waals surface area contributed by atoms with E-state index >= 15 is 0 Å². The number of nitrogens with one attached hydrogen (secondary N) is 1. The van der Waals surface area contributed by atoms with Gasteiger partial charge in [-0.25, -0.2) is 5.48 Å². The maximum atomic E-state index is 12.1. The van der Waals surface area contributed by atoms with Crippen molar-refractivity contribution >= 4 is 33.8 Å². The zero-order valence-electron chi connectivity index (χ0n) is 13.2. The maximum Gasteiger partial charge on any atom is 0.274 e. The number of carbonyl (C=O) groups is 2. The van der Waals surface area contributed by atoms with Gasteiger partial charge in [0.25, 0.3) is 5.91 Å². The lowest BCUT2D eigenvalue weighted by Gasteiger charge is -2.04. The molecule has 0 atom stereocenters. The van der Waals surface area contributed by atoms with Crippen molar-refractivity contribution in [3.05, 3.63) is 41.5 Å². The smallest absolute Gasteiger partial charge is 0.274 e. The number of benzene rings is 2. The molecule has 0 saturated heterocycles. The highest BCUT2D eigenvalue weighted by atomic mass is 16.6. The molecule has 3 N–H and O–H groups in total. The van der Waals surface area contributed by atoms with Crippen LogP contribution in [0.1, 0.15) is 27.6 Å². The SMILES string of the molecule is CCONC(=O)c1ccc2oc3c(OC)ccc(C(N)=O)c3c2c1. The second-order valence-corrected chi connectivity index (χ2v) is 5.06. The van der Waals surface area contributed by atoms with E-state index in [0.29, 0.717) is 45.4 Å². The number of furan rings is 1. The Morgan fingerprint density at radius 3 is 2.71 bits per heavy atom. The molecule has 0 spiro atoms. The summed E-state index contributed by atoms with van der Waals surface area (Å²) in [7, 11) is 1.51. The fourth-order valence-electron chi connectivity index (χ4n) is 2.56. The Morgan fingerprint density at radius 2 is 2.04 bits per heavy atom. The first-order chi connectivity index (χ1) is 11.6. The van der Waals surface area contributed by atoms with Crippen LogP contribution >= 0.6 is 0 Å². The third-order valence-corrected chi connectivity index (χ3v) is 3.64. The van der Waals surface area contributed by atoms with E-state index in [-0.39, 0.29) is 0 Å². The maximum absolute atomic E-state index is 12.1. The molecule has 7 nitrogen and oxygen atoms in total. The molecular formula is C17H16N2O5. The summed E-state index contributed by atoms with van der Waals surface area (Å²) in [6.45, 7) is 2.12. The Bertz CT molecular complexity index is 945. The van der Waals surface area contributed by atoms with Crippen LogP contribution in [0.15, 0.2) is 34.7 Å². The van der Waals surface area contributed by atoms with E-state index in [1.807, 2.05) is 0 Å². The largest absolute Gasteiger partial charge is 0.493 e. The van der Waals surface area contributed by atoms with Crippen LogP contribution in [-0.2, 0) is 4.84 Å². The van der Waals surface area contributed by atoms with E-state index in [4.69, 9.17) is 19.7 Å². The summed E-state index contributed by atoms with van der Waals surface area (Å²) in [5, 5.41) is 1.12. The summed E-state index contributed by atoms with van der Waals surface area (Å²) in [5.74, 6) is -0.502. The number of fused-ring (bicyclic) bond motifs is 3. The second kappa shape index (κ2) is 6.21. The van der Waals surface area contributed by atoms with Gasteiger partial charge >= 0.3 is 0 Å². The summed E-state index contributed by atoms with van der Waals surface area (Å²) in [6.07, 6.45) is 0. The number of ether oxygens (including phenoxy) is 1. The highest BCUT2D eigenvalue weighted by Gasteiger charge is 2.19. The molecule has 2 aromatic carbocycles. The number of methoxy groups -OCH3 is 1. The van der Waals surface area contributed by atoms with E-state index in [1.54, 1.807) is 37.3 Å². The highest BCUT2D eigenvalue weighted by Crippen LogP contribution is 2.37. The molecule has 1 aromatic heterocycles. The van der Waals surface area contributed by atoms with Crippen LogP contribution in [0, 0.1) is 0 Å². The van der Waals surface area contributed by atoms with Gasteiger partial charge in [-0.3, -0.25) is 14.4 Å². The molecular weight excluding hydrogens is 312 g/mol. The van der Waals surface area contributed by atoms with Gasteiger partial charge in [-0.15, -0.1) is 0 Å². The molecule has 0 aliphatic heterocycles. The predicted molar refractivity (Wildman–Crippen MR) is 87.9 cm³/mol. The van der Waals surface area contributed by atoms with Crippen LogP contribution in [-0.4, -0.2) is 25.5 Å². The Hall–Kier alpha value is -3.06. The first-order valence-corrected chi connectivity index (χ1v) is 7.32. The van der Waals surface area contributed by atoms with Crippen molar-refractivity contribution in [2.75, 3.05) is 13.7 Å². The minimum atomic E-state index is -0.588. The lowest BCUT2D eigenvalue weighted by Crippen LogP contribution is -2.23. The number of hydroxylamine groups is 1. The van der Waals surface area contributed by atoms with Crippen molar-refractivity contribution < 1.29 is 23.6 Å². The van der Waals surface area contributed by atoms with Crippen molar-refractivity contribution in [1.29, 1.82) is 0 Å². The minimum Gasteiger partial charge on any atom is -0.493 e. The number of hydrogen-bond donors (Lipinski definition) is 2. The monoisotopic (exact) mass is 328 g/mol. The van der Waals surface area contributed by atoms with Crippen LogP contribution in [0.3, 0.4) is 0 Å². The topological polar surface area (TPSA) is 104 Å². The molecule has 0 bridgehead atoms. The molecule has 3 aromatic rings. The van der Waals surface area contributed by atoms with E-state index in [2.05, 4.69) is 5.48 Å². The van der Waals surface area contributed by atoms with Crippen LogP contribution in [0.25, 0.3) is 21.9 Å². The van der Waals surface area contributed by atoms with Gasteiger partial charge in [-0.2, -0.15) is 0 Å². The van der Waals surface area contributed by atoms with E-state index < -0.39 is 11.8 Å². The van der Waals surface area contributed by atoms with Gasteiger partial charge in [0, 0.05) is 16.3 Å². The van der Waals surface area contributed by atoms with Gasteiger partial charge in [0.15, 0.2) is 11.3 Å². The third-order valence-electron chi connectivity index (χ3n) is 3.64. The molecule has 2 amide bonds. The fraction of sp³-hybridized carbons (Fsp3) is 0.176. The van der Waals surface area contributed by atoms with E-state index in [0.717, 1.165) is 0 Å². The van der Waals surface area contributed by atoms with Gasteiger partial charge in [0.05, 0.1) is 19.3 Å². The summed E-state index contributed by atoms with van der Waals surface area (Å²) in [6, 6.07) is 8.08. The molecule has 0 saturated carbocycles. The van der Waals surface area contributed by atoms with Crippen molar-refractivity contribution in [1.82, 2.24) is 5.48 Å². The number of nitrogens with two attached hydrogens (primary N) is 1. The van der Waals surface area contributed by atoms with Crippen molar-refractivity contribution in [2.24, 2.45) is 5.73 Å². The number of amides is 2. The Kier molecular flexibility index (Phi) is 4.09. The summed E-state index contributed by atoms with van der Waals surface area (Å²) in [5.41, 5.74) is 9.39. The molecule has 0 radical (unpaired) electrons. The van der Waals surface area contributed by atoms with Crippen LogP contribution in [0.4, 0.5) is 0 Å². The minimum absolute atomic E-state index is 0.298. The molecule has 0 aliphatic rings. The number of rotatable bonds is 5. The van der Waals surface area contributed by atoms with Crippen molar-refractivity contribution in [3.8, 4) is 5.75 Å². The summed E-state index contributed by atoms with van der Waals surface area (Å²) < 4.78 is 11.1. The zero-order chi connectivity index (χ0) is 17.3. The van der Waals surface area contributed by atoms with Gasteiger partial charge in [-0.05, 0) is 37.3 Å². The molecule has 24 heavy (non-hydrogen) atoms. The first kappa shape index (κ1) is 15.8. The molecule has 3 rings (SSSR count). The normalized spacial score (nSPS) is 10.9. The van der Waals surface area contributed by atoms with Crippen LogP contribution in [0.5, 0.6) is 5.75 Å². The van der Waals surface area contributed by atoms with Crippen LogP contribution in [0.2, 0.25) is 0 Å². The lowest BCUT2D eigenvalue weighted by atomic mass is 10.0. The summed E-state index contributed by atoms with van der Waals surface area (Å²) >= 11 is 0. The fourth-order valence-corrected chi connectivity index (χ4v) is 2.56.